The molecule has 4 N–H and O–H groups in total. The number of hydrogen-bond donors (Lipinski definition) is 3. The predicted molar refractivity (Wildman–Crippen MR) is 107 cm³/mol. The van der Waals surface area contributed by atoms with Gasteiger partial charge in [-0.05, 0) is 30.3 Å². The number of nitrogen functional groups attached to an aromatic ring is 1. The van der Waals surface area contributed by atoms with Gasteiger partial charge in [0.1, 0.15) is 0 Å². The number of nitrogens with two attached hydrogens (primary N) is 1. The highest BCUT2D eigenvalue weighted by Gasteiger charge is 2.21. The number of aromatic nitrogens is 2. The average molecular weight is 377 g/mol. The number of anilines is 4. The molecule has 0 saturated heterocycles. The van der Waals surface area contributed by atoms with Crippen molar-refractivity contribution in [1.29, 1.82) is 0 Å². The molecule has 8 heteroatoms. The van der Waals surface area contributed by atoms with Gasteiger partial charge in [-0.15, -0.1) is 0 Å². The molecule has 1 amide bonds. The minimum Gasteiger partial charge on any atom is -0.493 e. The number of nitrogens with one attached hydrogen (secondary N) is 2. The lowest BCUT2D eigenvalue weighted by Gasteiger charge is -2.12. The van der Waals surface area contributed by atoms with Crippen LogP contribution in [-0.2, 0) is 11.2 Å². The van der Waals surface area contributed by atoms with Crippen LogP contribution < -0.4 is 25.8 Å². The van der Waals surface area contributed by atoms with E-state index in [1.54, 1.807) is 44.7 Å². The van der Waals surface area contributed by atoms with Crippen molar-refractivity contribution >= 4 is 28.9 Å². The molecule has 2 aromatic carbocycles. The molecule has 1 aliphatic rings. The van der Waals surface area contributed by atoms with E-state index < -0.39 is 0 Å². The first-order valence-corrected chi connectivity index (χ1v) is 8.62. The minimum atomic E-state index is -0.130. The van der Waals surface area contributed by atoms with Crippen molar-refractivity contribution in [1.82, 2.24) is 9.97 Å². The fourth-order valence-electron chi connectivity index (χ4n) is 3.11. The second-order valence-electron chi connectivity index (χ2n) is 6.29. The Morgan fingerprint density at radius 3 is 2.71 bits per heavy atom. The number of fused-ring (bicyclic) bond motifs is 3. The highest BCUT2D eigenvalue weighted by atomic mass is 16.5. The standard InChI is InChI=1S/C20H19N5O3/c1-27-16-6-4-13(9-17(16)28-2)23-20-22-10-11-7-18(26)24-15-8-12(21)3-5-14(15)19(11)25-20/h3-6,8-10H,7,21H2,1-2H3,(H,24,26)(H,22,23,25). The monoisotopic (exact) mass is 377 g/mol. The Labute approximate surface area is 161 Å². The summed E-state index contributed by atoms with van der Waals surface area (Å²) in [7, 11) is 3.16. The molecule has 0 unspecified atom stereocenters. The molecule has 0 saturated carbocycles. The summed E-state index contributed by atoms with van der Waals surface area (Å²) in [6.45, 7) is 0. The molecule has 4 rings (SSSR count). The zero-order chi connectivity index (χ0) is 19.7. The van der Waals surface area contributed by atoms with E-state index in [-0.39, 0.29) is 12.3 Å². The molecule has 0 aliphatic carbocycles. The molecule has 3 aromatic rings. The van der Waals surface area contributed by atoms with Gasteiger partial charge >= 0.3 is 0 Å². The maximum absolute atomic E-state index is 12.2. The van der Waals surface area contributed by atoms with Gasteiger partial charge < -0.3 is 25.8 Å². The molecular weight excluding hydrogens is 358 g/mol. The van der Waals surface area contributed by atoms with Crippen molar-refractivity contribution in [3.05, 3.63) is 48.2 Å². The van der Waals surface area contributed by atoms with Crippen LogP contribution in [0.15, 0.2) is 42.6 Å². The third kappa shape index (κ3) is 3.27. The molecule has 0 bridgehead atoms. The van der Waals surface area contributed by atoms with E-state index in [1.165, 1.54) is 0 Å². The number of methoxy groups -OCH3 is 2. The van der Waals surface area contributed by atoms with Crippen molar-refractivity contribution in [3.63, 3.8) is 0 Å². The van der Waals surface area contributed by atoms with Gasteiger partial charge in [0.15, 0.2) is 11.5 Å². The first-order valence-electron chi connectivity index (χ1n) is 8.62. The highest BCUT2D eigenvalue weighted by Crippen LogP contribution is 2.35. The molecule has 142 valence electrons. The van der Waals surface area contributed by atoms with Gasteiger partial charge in [-0.2, -0.15) is 0 Å². The van der Waals surface area contributed by atoms with E-state index in [9.17, 15) is 4.79 Å². The lowest BCUT2D eigenvalue weighted by molar-refractivity contribution is -0.115. The molecule has 0 fully saturated rings. The van der Waals surface area contributed by atoms with E-state index in [1.807, 2.05) is 12.1 Å². The van der Waals surface area contributed by atoms with Gasteiger partial charge in [-0.3, -0.25) is 4.79 Å². The largest absolute Gasteiger partial charge is 0.493 e. The Hall–Kier alpha value is -3.81. The minimum absolute atomic E-state index is 0.130. The molecule has 28 heavy (non-hydrogen) atoms. The summed E-state index contributed by atoms with van der Waals surface area (Å²) < 4.78 is 10.6. The van der Waals surface area contributed by atoms with Crippen molar-refractivity contribution in [2.75, 3.05) is 30.6 Å². The van der Waals surface area contributed by atoms with Crippen LogP contribution in [0.2, 0.25) is 0 Å². The normalized spacial score (nSPS) is 12.3. The second kappa shape index (κ2) is 7.07. The number of hydrogen-bond acceptors (Lipinski definition) is 7. The van der Waals surface area contributed by atoms with Crippen molar-refractivity contribution in [2.45, 2.75) is 6.42 Å². The van der Waals surface area contributed by atoms with E-state index in [0.29, 0.717) is 34.5 Å². The van der Waals surface area contributed by atoms with Gasteiger partial charge in [0.2, 0.25) is 11.9 Å². The summed E-state index contributed by atoms with van der Waals surface area (Å²) in [5.74, 6) is 1.50. The van der Waals surface area contributed by atoms with Gasteiger partial charge in [0, 0.05) is 34.8 Å². The summed E-state index contributed by atoms with van der Waals surface area (Å²) in [6.07, 6.45) is 1.86. The molecule has 1 aliphatic heterocycles. The number of carbonyl (C=O) groups is 1. The highest BCUT2D eigenvalue weighted by molar-refractivity contribution is 6.00. The van der Waals surface area contributed by atoms with Crippen LogP contribution >= 0.6 is 0 Å². The fraction of sp³-hybridized carbons (Fsp3) is 0.150. The Balaban J connectivity index is 1.73. The van der Waals surface area contributed by atoms with Gasteiger partial charge in [-0.25, -0.2) is 9.97 Å². The maximum Gasteiger partial charge on any atom is 0.228 e. The van der Waals surface area contributed by atoms with Crippen LogP contribution in [0.1, 0.15) is 5.56 Å². The van der Waals surface area contributed by atoms with E-state index in [0.717, 1.165) is 16.8 Å². The van der Waals surface area contributed by atoms with Crippen molar-refractivity contribution in [3.8, 4) is 22.8 Å². The van der Waals surface area contributed by atoms with Crippen LogP contribution in [0.5, 0.6) is 11.5 Å². The smallest absolute Gasteiger partial charge is 0.228 e. The first kappa shape index (κ1) is 17.6. The van der Waals surface area contributed by atoms with Crippen LogP contribution in [0.3, 0.4) is 0 Å². The number of ether oxygens (including phenoxy) is 2. The van der Waals surface area contributed by atoms with Gasteiger partial charge in [0.25, 0.3) is 0 Å². The third-order valence-electron chi connectivity index (χ3n) is 4.43. The zero-order valence-electron chi connectivity index (χ0n) is 15.4. The maximum atomic E-state index is 12.2. The van der Waals surface area contributed by atoms with Crippen LogP contribution in [0.25, 0.3) is 11.3 Å². The summed E-state index contributed by atoms with van der Waals surface area (Å²) >= 11 is 0. The van der Waals surface area contributed by atoms with Gasteiger partial charge in [0.05, 0.1) is 32.0 Å². The van der Waals surface area contributed by atoms with E-state index in [2.05, 4.69) is 20.6 Å². The molecule has 0 atom stereocenters. The molecule has 2 heterocycles. The van der Waals surface area contributed by atoms with Crippen molar-refractivity contribution in [2.24, 2.45) is 0 Å². The number of amides is 1. The molecule has 1 aromatic heterocycles. The fourth-order valence-corrected chi connectivity index (χ4v) is 3.11. The average Bonchev–Trinajstić information content (AvgIpc) is 2.82. The van der Waals surface area contributed by atoms with E-state index >= 15 is 0 Å². The summed E-state index contributed by atoms with van der Waals surface area (Å²) in [5.41, 5.74) is 10.1. The zero-order valence-corrected chi connectivity index (χ0v) is 15.4. The number of rotatable bonds is 4. The van der Waals surface area contributed by atoms with Crippen molar-refractivity contribution < 1.29 is 14.3 Å². The Morgan fingerprint density at radius 1 is 1.11 bits per heavy atom. The third-order valence-corrected chi connectivity index (χ3v) is 4.43. The van der Waals surface area contributed by atoms with Gasteiger partial charge in [-0.1, -0.05) is 0 Å². The number of benzene rings is 2. The summed E-state index contributed by atoms with van der Waals surface area (Å²) in [4.78, 5) is 21.2. The van der Waals surface area contributed by atoms with E-state index in [4.69, 9.17) is 15.2 Å². The SMILES string of the molecule is COc1ccc(Nc2ncc3c(n2)-c2ccc(N)cc2NC(=O)C3)cc1OC. The Kier molecular flexibility index (Phi) is 4.44. The molecular formula is C20H19N5O3. The second-order valence-corrected chi connectivity index (χ2v) is 6.29. The first-order chi connectivity index (χ1) is 13.6. The van der Waals surface area contributed by atoms with Crippen LogP contribution in [-0.4, -0.2) is 30.1 Å². The predicted octanol–water partition coefficient (Wildman–Crippen LogP) is 2.98. The Morgan fingerprint density at radius 2 is 1.93 bits per heavy atom. The Bertz CT molecular complexity index is 1070. The topological polar surface area (TPSA) is 111 Å². The molecule has 0 radical (unpaired) electrons. The lowest BCUT2D eigenvalue weighted by Crippen LogP contribution is -2.13. The quantitative estimate of drug-likeness (QED) is 0.599. The van der Waals surface area contributed by atoms with Crippen LogP contribution in [0, 0.1) is 0 Å². The number of nitrogens with zero attached hydrogens (tertiary/aromatic N) is 2. The summed E-state index contributed by atoms with van der Waals surface area (Å²) in [5, 5.41) is 6.04. The molecule has 8 nitrogen and oxygen atoms in total. The van der Waals surface area contributed by atoms with Crippen LogP contribution in [0.4, 0.5) is 23.0 Å². The summed E-state index contributed by atoms with van der Waals surface area (Å²) in [6, 6.07) is 10.8. The molecule has 0 spiro atoms. The lowest BCUT2D eigenvalue weighted by atomic mass is 10.0. The number of carbonyl (C=O) groups excluding carboxylic acids is 1.